The first-order valence-electron chi connectivity index (χ1n) is 10.5. The van der Waals surface area contributed by atoms with Gasteiger partial charge in [-0.15, -0.1) is 6.58 Å². The molecule has 0 amide bonds. The van der Waals surface area contributed by atoms with Crippen LogP contribution in [-0.2, 0) is 0 Å². The van der Waals surface area contributed by atoms with E-state index in [1.807, 2.05) is 35.3 Å². The lowest BCUT2D eigenvalue weighted by molar-refractivity contribution is 0.201. The average Bonchev–Trinajstić information content (AvgIpc) is 2.65. The predicted octanol–water partition coefficient (Wildman–Crippen LogP) is 8.82. The average molecular weight is 441 g/mol. The summed E-state index contributed by atoms with van der Waals surface area (Å²) in [6, 6.07) is 0. The fourth-order valence-corrected chi connectivity index (χ4v) is 5.21. The van der Waals surface area contributed by atoms with E-state index in [9.17, 15) is 0 Å². The van der Waals surface area contributed by atoms with E-state index in [4.69, 9.17) is 0 Å². The van der Waals surface area contributed by atoms with Crippen molar-refractivity contribution in [3.63, 3.8) is 0 Å². The van der Waals surface area contributed by atoms with Crippen molar-refractivity contribution in [3.05, 3.63) is 49.1 Å². The van der Waals surface area contributed by atoms with Crippen molar-refractivity contribution in [3.8, 4) is 0 Å². The van der Waals surface area contributed by atoms with E-state index in [0.717, 1.165) is 42.9 Å². The van der Waals surface area contributed by atoms with Crippen LogP contribution in [0.5, 0.6) is 0 Å². The van der Waals surface area contributed by atoms with Gasteiger partial charge in [-0.05, 0) is 74.5 Å². The Morgan fingerprint density at radius 1 is 0.786 bits per heavy atom. The van der Waals surface area contributed by atoms with Crippen molar-refractivity contribution < 1.29 is 0 Å². The molecule has 0 saturated heterocycles. The SMILES string of the molecule is C=CCCC(CCC(=C)CSC)(CCC(=C)CSC)CCC(=C)CSC(C)C. The fraction of sp³-hybridized carbons (Fsp3) is 0.680. The normalized spacial score (nSPS) is 11.6. The Bertz CT molecular complexity index is 454. The predicted molar refractivity (Wildman–Crippen MR) is 141 cm³/mol. The van der Waals surface area contributed by atoms with E-state index in [-0.39, 0.29) is 0 Å². The summed E-state index contributed by atoms with van der Waals surface area (Å²) in [5, 5.41) is 0.673. The lowest BCUT2D eigenvalue weighted by Gasteiger charge is -2.35. The number of allylic oxidation sites excluding steroid dienone is 1. The fourth-order valence-electron chi connectivity index (χ4n) is 3.39. The summed E-state index contributed by atoms with van der Waals surface area (Å²) < 4.78 is 0. The molecule has 0 heterocycles. The molecule has 3 heteroatoms. The summed E-state index contributed by atoms with van der Waals surface area (Å²) in [5.41, 5.74) is 4.51. The van der Waals surface area contributed by atoms with Crippen molar-refractivity contribution in [1.82, 2.24) is 0 Å². The quantitative estimate of drug-likeness (QED) is 0.184. The first-order chi connectivity index (χ1) is 13.3. The third-order valence-corrected chi connectivity index (χ3v) is 7.86. The molecule has 0 radical (unpaired) electrons. The molecule has 0 bridgehead atoms. The Labute approximate surface area is 189 Å². The van der Waals surface area contributed by atoms with E-state index >= 15 is 0 Å². The van der Waals surface area contributed by atoms with Crippen LogP contribution >= 0.6 is 35.3 Å². The molecule has 0 spiro atoms. The molecule has 0 aromatic carbocycles. The molecule has 0 rings (SSSR count). The summed E-state index contributed by atoms with van der Waals surface area (Å²) in [7, 11) is 0. The Balaban J connectivity index is 5.13. The molecule has 0 aliphatic heterocycles. The molecule has 0 aromatic heterocycles. The summed E-state index contributed by atoms with van der Waals surface area (Å²) in [6.45, 7) is 21.5. The molecule has 0 nitrogen and oxygen atoms in total. The second-order valence-electron chi connectivity index (χ2n) is 8.30. The third-order valence-electron chi connectivity index (χ3n) is 5.22. The number of hydrogen-bond acceptors (Lipinski definition) is 3. The Morgan fingerprint density at radius 2 is 1.21 bits per heavy atom. The van der Waals surface area contributed by atoms with Crippen LogP contribution in [0.2, 0.25) is 0 Å². The van der Waals surface area contributed by atoms with Gasteiger partial charge in [-0.2, -0.15) is 35.3 Å². The molecule has 0 fully saturated rings. The van der Waals surface area contributed by atoms with Gasteiger partial charge in [0.1, 0.15) is 0 Å². The summed E-state index contributed by atoms with van der Waals surface area (Å²) in [5.74, 6) is 3.25. The highest BCUT2D eigenvalue weighted by Crippen LogP contribution is 2.42. The molecule has 0 aromatic rings. The van der Waals surface area contributed by atoms with Crippen molar-refractivity contribution >= 4 is 35.3 Å². The van der Waals surface area contributed by atoms with E-state index in [0.29, 0.717) is 10.7 Å². The molecular formula is C25H44S3. The lowest BCUT2D eigenvalue weighted by atomic mass is 9.70. The monoisotopic (exact) mass is 440 g/mol. The Kier molecular flexibility index (Phi) is 16.8. The minimum Gasteiger partial charge on any atom is -0.161 e. The van der Waals surface area contributed by atoms with Gasteiger partial charge in [0.05, 0.1) is 0 Å². The van der Waals surface area contributed by atoms with Crippen molar-refractivity contribution in [2.45, 2.75) is 70.5 Å². The second kappa shape index (κ2) is 16.8. The first-order valence-corrected chi connectivity index (χ1v) is 14.3. The highest BCUT2D eigenvalue weighted by Gasteiger charge is 2.29. The maximum atomic E-state index is 4.38. The van der Waals surface area contributed by atoms with Gasteiger partial charge < -0.3 is 0 Å². The van der Waals surface area contributed by atoms with E-state index in [1.165, 1.54) is 42.4 Å². The van der Waals surface area contributed by atoms with Gasteiger partial charge in [0.2, 0.25) is 0 Å². The van der Waals surface area contributed by atoms with Gasteiger partial charge in [0.25, 0.3) is 0 Å². The standard InChI is InChI=1S/C25H44S3/c1-9-10-14-25(15-11-22(4)18-26-7,16-12-23(5)19-27-8)17-13-24(6)20-28-21(2)3/h9,21H,1,4-6,10-20H2,2-3,7-8H3. The zero-order valence-electron chi connectivity index (χ0n) is 19.0. The van der Waals surface area contributed by atoms with Crippen LogP contribution in [0.4, 0.5) is 0 Å². The van der Waals surface area contributed by atoms with Crippen LogP contribution in [0.25, 0.3) is 0 Å². The molecule has 28 heavy (non-hydrogen) atoms. The van der Waals surface area contributed by atoms with Crippen LogP contribution in [-0.4, -0.2) is 35.0 Å². The van der Waals surface area contributed by atoms with Crippen molar-refractivity contribution in [1.29, 1.82) is 0 Å². The van der Waals surface area contributed by atoms with Gasteiger partial charge in [0.15, 0.2) is 0 Å². The topological polar surface area (TPSA) is 0 Å². The second-order valence-corrected chi connectivity index (χ2v) is 11.6. The van der Waals surface area contributed by atoms with Crippen LogP contribution in [0, 0.1) is 5.41 Å². The molecular weight excluding hydrogens is 396 g/mol. The summed E-state index contributed by atoms with van der Waals surface area (Å²) in [4.78, 5) is 0. The maximum absolute atomic E-state index is 4.38. The minimum absolute atomic E-state index is 0.350. The Morgan fingerprint density at radius 3 is 1.57 bits per heavy atom. The molecule has 162 valence electrons. The molecule has 0 unspecified atom stereocenters. The molecule has 0 atom stereocenters. The van der Waals surface area contributed by atoms with Crippen molar-refractivity contribution in [2.24, 2.45) is 5.41 Å². The first kappa shape index (κ1) is 28.0. The number of hydrogen-bond donors (Lipinski definition) is 0. The number of rotatable bonds is 19. The molecule has 0 aliphatic carbocycles. The van der Waals surface area contributed by atoms with E-state index in [1.54, 1.807) is 0 Å². The van der Waals surface area contributed by atoms with Crippen molar-refractivity contribution in [2.75, 3.05) is 29.8 Å². The van der Waals surface area contributed by atoms with Crippen LogP contribution in [0.1, 0.15) is 65.2 Å². The smallest absolute Gasteiger partial charge is 0.0143 e. The summed E-state index contributed by atoms with van der Waals surface area (Å²) >= 11 is 5.77. The van der Waals surface area contributed by atoms with E-state index < -0.39 is 0 Å². The molecule has 0 aliphatic rings. The zero-order chi connectivity index (χ0) is 21.4. The van der Waals surface area contributed by atoms with E-state index in [2.05, 4.69) is 58.8 Å². The molecule has 0 N–H and O–H groups in total. The summed E-state index contributed by atoms with van der Waals surface area (Å²) in [6.07, 6.45) is 15.9. The highest BCUT2D eigenvalue weighted by molar-refractivity contribution is 8.00. The van der Waals surface area contributed by atoms with Gasteiger partial charge in [0, 0.05) is 17.3 Å². The van der Waals surface area contributed by atoms with Crippen LogP contribution < -0.4 is 0 Å². The maximum Gasteiger partial charge on any atom is 0.0143 e. The van der Waals surface area contributed by atoms with Gasteiger partial charge in [-0.25, -0.2) is 0 Å². The largest absolute Gasteiger partial charge is 0.161 e. The number of thioether (sulfide) groups is 3. The zero-order valence-corrected chi connectivity index (χ0v) is 21.4. The van der Waals surface area contributed by atoms with Gasteiger partial charge >= 0.3 is 0 Å². The van der Waals surface area contributed by atoms with Gasteiger partial charge in [-0.1, -0.05) is 56.4 Å². The third kappa shape index (κ3) is 14.1. The molecule has 0 saturated carbocycles. The highest BCUT2D eigenvalue weighted by atomic mass is 32.2. The minimum atomic E-state index is 0.350. The van der Waals surface area contributed by atoms with Crippen LogP contribution in [0.15, 0.2) is 49.1 Å². The van der Waals surface area contributed by atoms with Gasteiger partial charge in [-0.3, -0.25) is 0 Å². The lowest BCUT2D eigenvalue weighted by Crippen LogP contribution is -2.22. The Hall–Kier alpha value is 0.01000. The van der Waals surface area contributed by atoms with Crippen LogP contribution in [0.3, 0.4) is 0 Å².